The molecule has 0 amide bonds. The minimum absolute atomic E-state index is 0.348. The number of halogens is 3. The summed E-state index contributed by atoms with van der Waals surface area (Å²) in [5, 5.41) is 11.2. The van der Waals surface area contributed by atoms with E-state index in [1.807, 2.05) is 6.66 Å². The second kappa shape index (κ2) is 5.61. The molecule has 1 heterocycles. The molecule has 9 heteroatoms. The van der Waals surface area contributed by atoms with Gasteiger partial charge in [-0.3, -0.25) is 0 Å². The molecule has 0 spiro atoms. The average molecular weight is 309 g/mol. The van der Waals surface area contributed by atoms with Crippen LogP contribution < -0.4 is 4.47 Å². The van der Waals surface area contributed by atoms with Crippen LogP contribution in [0.5, 0.6) is 0 Å². The van der Waals surface area contributed by atoms with Gasteiger partial charge in [-0.25, -0.2) is 0 Å². The predicted octanol–water partition coefficient (Wildman–Crippen LogP) is 0.782. The van der Waals surface area contributed by atoms with E-state index in [0.717, 1.165) is 31.6 Å². The summed E-state index contributed by atoms with van der Waals surface area (Å²) in [6.07, 6.45) is 5.52. The van der Waals surface area contributed by atoms with Crippen molar-refractivity contribution in [3.8, 4) is 0 Å². The molecule has 4 nitrogen and oxygen atoms in total. The zero-order valence-corrected chi connectivity index (χ0v) is 12.0. The SMILES string of the molecule is C[PH]1(CC[NH+]([O-])S(=O)(=O)C(F)(F)F)CCCCC1. The maximum atomic E-state index is 12.1. The number of hydroxylamine groups is 1. The Labute approximate surface area is 106 Å². The molecule has 0 aromatic heterocycles. The second-order valence-electron chi connectivity index (χ2n) is 5.19. The summed E-state index contributed by atoms with van der Waals surface area (Å²) in [6, 6.07) is 0. The van der Waals surface area contributed by atoms with Gasteiger partial charge < -0.3 is 0 Å². The van der Waals surface area contributed by atoms with Crippen LogP contribution in [-0.4, -0.2) is 45.6 Å². The Morgan fingerprint density at radius 1 is 1.22 bits per heavy atom. The minimum atomic E-state index is -5.62. The molecule has 1 rings (SSSR count). The van der Waals surface area contributed by atoms with Crippen LogP contribution in [-0.2, 0) is 10.0 Å². The topological polar surface area (TPSA) is 61.6 Å². The van der Waals surface area contributed by atoms with Crippen LogP contribution in [0, 0.1) is 5.21 Å². The molecule has 1 aliphatic rings. The van der Waals surface area contributed by atoms with Gasteiger partial charge >= 0.3 is 105 Å². The summed E-state index contributed by atoms with van der Waals surface area (Å²) in [7, 11) is -7.31. The summed E-state index contributed by atoms with van der Waals surface area (Å²) in [5.41, 5.74) is -5.46. The number of sulfonamides is 1. The van der Waals surface area contributed by atoms with Crippen LogP contribution in [0.3, 0.4) is 0 Å². The molecule has 0 bridgehead atoms. The fourth-order valence-corrected chi connectivity index (χ4v) is 6.92. The molecule has 0 radical (unpaired) electrons. The van der Waals surface area contributed by atoms with E-state index >= 15 is 0 Å². The Morgan fingerprint density at radius 3 is 2.17 bits per heavy atom. The Kier molecular flexibility index (Phi) is 5.03. The van der Waals surface area contributed by atoms with Crippen molar-refractivity contribution in [1.29, 1.82) is 0 Å². The number of hydrogen-bond acceptors (Lipinski definition) is 3. The average Bonchev–Trinajstić information content (AvgIpc) is 2.25. The second-order valence-corrected chi connectivity index (χ2v) is 12.2. The zero-order chi connectivity index (χ0) is 14.0. The van der Waals surface area contributed by atoms with Crippen molar-refractivity contribution >= 4 is 17.3 Å². The summed E-state index contributed by atoms with van der Waals surface area (Å²) in [6.45, 7) is 1.56. The van der Waals surface area contributed by atoms with Crippen LogP contribution >= 0.6 is 7.26 Å². The Morgan fingerprint density at radius 2 is 1.72 bits per heavy atom. The Balaban J connectivity index is 2.58. The first-order valence-electron chi connectivity index (χ1n) is 5.93. The summed E-state index contributed by atoms with van der Waals surface area (Å²) < 4.78 is 56.5. The fourth-order valence-electron chi connectivity index (χ4n) is 2.32. The number of quaternary nitrogens is 1. The summed E-state index contributed by atoms with van der Waals surface area (Å²) in [5.74, 6) is 0. The molecule has 1 atom stereocenters. The van der Waals surface area contributed by atoms with Crippen LogP contribution in [0.15, 0.2) is 0 Å². The molecule has 0 aromatic rings. The molecule has 1 unspecified atom stereocenters. The molecule has 0 aliphatic carbocycles. The van der Waals surface area contributed by atoms with Crippen LogP contribution in [0.4, 0.5) is 13.2 Å². The number of rotatable bonds is 4. The number of hydrogen-bond donors (Lipinski definition) is 1. The van der Waals surface area contributed by atoms with Crippen LogP contribution in [0.1, 0.15) is 19.3 Å². The van der Waals surface area contributed by atoms with Gasteiger partial charge in [-0.05, 0) is 0 Å². The van der Waals surface area contributed by atoms with E-state index in [-0.39, 0.29) is 0 Å². The van der Waals surface area contributed by atoms with Gasteiger partial charge in [-0.1, -0.05) is 0 Å². The third kappa shape index (κ3) is 3.79. The van der Waals surface area contributed by atoms with Gasteiger partial charge in [0.05, 0.1) is 0 Å². The van der Waals surface area contributed by atoms with Crippen molar-refractivity contribution in [2.45, 2.75) is 24.8 Å². The fraction of sp³-hybridized carbons (Fsp3) is 1.00. The van der Waals surface area contributed by atoms with E-state index in [4.69, 9.17) is 0 Å². The van der Waals surface area contributed by atoms with E-state index in [0.29, 0.717) is 6.16 Å². The van der Waals surface area contributed by atoms with Crippen molar-refractivity contribution in [2.75, 3.05) is 31.7 Å². The summed E-state index contributed by atoms with van der Waals surface area (Å²) >= 11 is 0. The van der Waals surface area contributed by atoms with Crippen molar-refractivity contribution in [2.24, 2.45) is 0 Å². The first-order valence-corrected chi connectivity index (χ1v) is 10.5. The third-order valence-corrected chi connectivity index (χ3v) is 9.59. The van der Waals surface area contributed by atoms with Gasteiger partial charge in [-0.2, -0.15) is 0 Å². The van der Waals surface area contributed by atoms with Gasteiger partial charge in [0.25, 0.3) is 0 Å². The van der Waals surface area contributed by atoms with Crippen LogP contribution in [0.25, 0.3) is 0 Å². The first kappa shape index (κ1) is 16.1. The van der Waals surface area contributed by atoms with Gasteiger partial charge in [0.15, 0.2) is 0 Å². The number of alkyl halides is 3. The van der Waals surface area contributed by atoms with Gasteiger partial charge in [-0.15, -0.1) is 0 Å². The third-order valence-electron chi connectivity index (χ3n) is 3.60. The molecule has 0 saturated carbocycles. The van der Waals surface area contributed by atoms with E-state index in [9.17, 15) is 26.8 Å². The quantitative estimate of drug-likeness (QED) is 0.617. The van der Waals surface area contributed by atoms with Gasteiger partial charge in [0.2, 0.25) is 0 Å². The monoisotopic (exact) mass is 309 g/mol. The van der Waals surface area contributed by atoms with Crippen molar-refractivity contribution < 1.29 is 26.1 Å². The van der Waals surface area contributed by atoms with E-state index in [2.05, 4.69) is 0 Å². The van der Waals surface area contributed by atoms with E-state index in [1.165, 1.54) is 0 Å². The number of nitrogens with one attached hydrogen (secondary N) is 1. The predicted molar refractivity (Wildman–Crippen MR) is 66.9 cm³/mol. The molecule has 1 fully saturated rings. The van der Waals surface area contributed by atoms with Crippen molar-refractivity contribution in [3.63, 3.8) is 0 Å². The molecular weight excluding hydrogens is 290 g/mol. The molecule has 18 heavy (non-hydrogen) atoms. The normalized spacial score (nSPS) is 24.5. The molecule has 1 aliphatic heterocycles. The molecule has 0 aromatic carbocycles. The molecule has 1 N–H and O–H groups in total. The summed E-state index contributed by atoms with van der Waals surface area (Å²) in [4.78, 5) is 0. The first-order chi connectivity index (χ1) is 8.08. The van der Waals surface area contributed by atoms with Crippen molar-refractivity contribution in [3.05, 3.63) is 5.21 Å². The Hall–Kier alpha value is 0.0900. The standard InChI is InChI=1S/C9H19F3NO3PS/c1-17(6-3-2-4-7-17)8-5-13(14)18(15,16)9(10,11)12/h13,17H,2-8H2,1H3. The van der Waals surface area contributed by atoms with Gasteiger partial charge in [0, 0.05) is 0 Å². The van der Waals surface area contributed by atoms with Crippen LogP contribution in [0.2, 0.25) is 0 Å². The zero-order valence-electron chi connectivity index (χ0n) is 10.2. The molecular formula is C9H19F3NO3PS. The van der Waals surface area contributed by atoms with E-state index < -0.39 is 33.8 Å². The molecule has 110 valence electrons. The Bertz CT molecular complexity index is 379. The molecule has 1 saturated heterocycles. The maximum absolute atomic E-state index is 12.1. The van der Waals surface area contributed by atoms with E-state index in [1.54, 1.807) is 0 Å². The van der Waals surface area contributed by atoms with Gasteiger partial charge in [0.1, 0.15) is 0 Å². The van der Waals surface area contributed by atoms with Crippen molar-refractivity contribution in [1.82, 2.24) is 0 Å².